The van der Waals surface area contributed by atoms with Gasteiger partial charge in [-0.05, 0) is 74.9 Å². The number of piperidine rings is 1. The Morgan fingerprint density at radius 3 is 2.40 bits per heavy atom. The quantitative estimate of drug-likeness (QED) is 0.555. The molecule has 2 aromatic carbocycles. The van der Waals surface area contributed by atoms with Gasteiger partial charge in [-0.2, -0.15) is 0 Å². The fraction of sp³-hybridized carbons (Fsp3) is 0.348. The number of nitrogens with zero attached hydrogens (tertiary/aromatic N) is 2. The van der Waals surface area contributed by atoms with E-state index in [9.17, 15) is 13.2 Å². The molecule has 0 spiro atoms. The molecule has 1 amide bonds. The van der Waals surface area contributed by atoms with Crippen molar-refractivity contribution in [1.29, 1.82) is 0 Å². The number of likely N-dealkylation sites (tertiary alicyclic amines) is 1. The highest BCUT2D eigenvalue weighted by Crippen LogP contribution is 2.32. The van der Waals surface area contributed by atoms with Gasteiger partial charge in [0, 0.05) is 24.3 Å². The highest BCUT2D eigenvalue weighted by atomic mass is 32.2. The van der Waals surface area contributed by atoms with Crippen LogP contribution < -0.4 is 4.31 Å². The van der Waals surface area contributed by atoms with Crippen LogP contribution in [0.5, 0.6) is 0 Å². The molecule has 2 heterocycles. The van der Waals surface area contributed by atoms with Crippen molar-refractivity contribution in [3.63, 3.8) is 0 Å². The maximum Gasteiger partial charge on any atom is 0.264 e. The summed E-state index contributed by atoms with van der Waals surface area (Å²) >= 11 is 1.47. The van der Waals surface area contributed by atoms with Crippen LogP contribution >= 0.6 is 11.3 Å². The molecule has 0 bridgehead atoms. The molecule has 30 heavy (non-hydrogen) atoms. The second-order valence-electron chi connectivity index (χ2n) is 7.67. The van der Waals surface area contributed by atoms with Gasteiger partial charge >= 0.3 is 0 Å². The number of anilines is 1. The van der Waals surface area contributed by atoms with Gasteiger partial charge in [-0.3, -0.25) is 9.10 Å². The van der Waals surface area contributed by atoms with E-state index in [1.54, 1.807) is 24.3 Å². The molecule has 0 N–H and O–H groups in total. The van der Waals surface area contributed by atoms with Crippen molar-refractivity contribution in [2.75, 3.05) is 23.9 Å². The first-order chi connectivity index (χ1) is 14.4. The number of benzene rings is 2. The molecule has 1 fully saturated rings. The first kappa shape index (κ1) is 20.9. The van der Waals surface area contributed by atoms with Gasteiger partial charge in [0.1, 0.15) is 0 Å². The average molecular weight is 443 g/mol. The van der Waals surface area contributed by atoms with E-state index in [-0.39, 0.29) is 10.8 Å². The summed E-state index contributed by atoms with van der Waals surface area (Å²) in [6.07, 6.45) is 3.30. The average Bonchev–Trinajstić information content (AvgIpc) is 3.18. The van der Waals surface area contributed by atoms with Crippen LogP contribution in [0.25, 0.3) is 10.1 Å². The van der Waals surface area contributed by atoms with Gasteiger partial charge in [0.05, 0.1) is 15.5 Å². The molecule has 1 aliphatic heterocycles. The Morgan fingerprint density at radius 2 is 1.73 bits per heavy atom. The lowest BCUT2D eigenvalue weighted by atomic mass is 10.1. The standard InChI is InChI=1S/C23H26N2O3S2/c1-3-25(30(27,28)20-10-7-17(2)8-11-20)19-9-12-21-18(15-19)16-22(29-21)23(26)24-13-5-4-6-14-24/h7-12,15-16H,3-6,13-14H2,1-2H3. The maximum absolute atomic E-state index is 13.2. The molecular weight excluding hydrogens is 416 g/mol. The van der Waals surface area contributed by atoms with Gasteiger partial charge in [0.25, 0.3) is 15.9 Å². The number of carbonyl (C=O) groups excluding carboxylic acids is 1. The van der Waals surface area contributed by atoms with Gasteiger partial charge in [-0.15, -0.1) is 11.3 Å². The summed E-state index contributed by atoms with van der Waals surface area (Å²) in [5, 5.41) is 0.899. The largest absolute Gasteiger partial charge is 0.338 e. The zero-order valence-corrected chi connectivity index (χ0v) is 18.9. The summed E-state index contributed by atoms with van der Waals surface area (Å²) < 4.78 is 28.8. The van der Waals surface area contributed by atoms with Crippen LogP contribution in [0.1, 0.15) is 41.4 Å². The first-order valence-corrected chi connectivity index (χ1v) is 12.6. The fourth-order valence-corrected chi connectivity index (χ4v) is 6.35. The van der Waals surface area contributed by atoms with Gasteiger partial charge in [-0.25, -0.2) is 8.42 Å². The predicted molar refractivity (Wildman–Crippen MR) is 123 cm³/mol. The number of sulfonamides is 1. The lowest BCUT2D eigenvalue weighted by Gasteiger charge is -2.26. The Bertz CT molecular complexity index is 1160. The number of aryl methyl sites for hydroxylation is 1. The van der Waals surface area contributed by atoms with Crippen LogP contribution in [0.4, 0.5) is 5.69 Å². The molecule has 5 nitrogen and oxygen atoms in total. The van der Waals surface area contributed by atoms with Crippen molar-refractivity contribution in [3.05, 3.63) is 59.0 Å². The van der Waals surface area contributed by atoms with Crippen molar-refractivity contribution in [1.82, 2.24) is 4.90 Å². The number of fused-ring (bicyclic) bond motifs is 1. The minimum Gasteiger partial charge on any atom is -0.338 e. The minimum atomic E-state index is -3.65. The summed E-state index contributed by atoms with van der Waals surface area (Å²) in [5.74, 6) is 0.0806. The third kappa shape index (κ3) is 3.96. The van der Waals surface area contributed by atoms with E-state index < -0.39 is 10.0 Å². The molecule has 1 aliphatic rings. The summed E-state index contributed by atoms with van der Waals surface area (Å²) in [5.41, 5.74) is 1.63. The molecule has 0 saturated carbocycles. The summed E-state index contributed by atoms with van der Waals surface area (Å²) in [7, 11) is -3.65. The van der Waals surface area contributed by atoms with Crippen LogP contribution in [0.3, 0.4) is 0 Å². The molecule has 4 rings (SSSR count). The number of rotatable bonds is 5. The second kappa shape index (κ2) is 8.40. The van der Waals surface area contributed by atoms with E-state index in [2.05, 4.69) is 0 Å². The van der Waals surface area contributed by atoms with E-state index in [4.69, 9.17) is 0 Å². The van der Waals surface area contributed by atoms with Crippen molar-refractivity contribution in [3.8, 4) is 0 Å². The van der Waals surface area contributed by atoms with E-state index in [1.165, 1.54) is 22.1 Å². The van der Waals surface area contributed by atoms with Crippen LogP contribution in [0.2, 0.25) is 0 Å². The summed E-state index contributed by atoms with van der Waals surface area (Å²) in [6.45, 7) is 5.72. The Hall–Kier alpha value is -2.38. The van der Waals surface area contributed by atoms with Crippen LogP contribution in [0, 0.1) is 6.92 Å². The number of amides is 1. The molecule has 7 heteroatoms. The van der Waals surface area contributed by atoms with Crippen LogP contribution in [0.15, 0.2) is 53.4 Å². The Balaban J connectivity index is 1.66. The van der Waals surface area contributed by atoms with Gasteiger partial charge in [0.15, 0.2) is 0 Å². The van der Waals surface area contributed by atoms with E-state index >= 15 is 0 Å². The third-order valence-electron chi connectivity index (χ3n) is 5.54. The van der Waals surface area contributed by atoms with Gasteiger partial charge < -0.3 is 4.90 Å². The summed E-state index contributed by atoms with van der Waals surface area (Å²) in [6, 6.07) is 14.4. The fourth-order valence-electron chi connectivity index (χ4n) is 3.87. The zero-order chi connectivity index (χ0) is 21.3. The molecule has 3 aromatic rings. The minimum absolute atomic E-state index is 0.0806. The van der Waals surface area contributed by atoms with Crippen LogP contribution in [-0.4, -0.2) is 38.9 Å². The second-order valence-corrected chi connectivity index (χ2v) is 10.6. The Kier molecular flexibility index (Phi) is 5.84. The SMILES string of the molecule is CCN(c1ccc2sc(C(=O)N3CCCCC3)cc2c1)S(=O)(=O)c1ccc(C)cc1. The smallest absolute Gasteiger partial charge is 0.264 e. The number of carbonyl (C=O) groups is 1. The maximum atomic E-state index is 13.2. The molecule has 158 valence electrons. The van der Waals surface area contributed by atoms with Crippen molar-refractivity contribution in [2.24, 2.45) is 0 Å². The molecule has 0 radical (unpaired) electrons. The topological polar surface area (TPSA) is 57.7 Å². The highest BCUT2D eigenvalue weighted by molar-refractivity contribution is 7.92. The van der Waals surface area contributed by atoms with E-state index in [0.29, 0.717) is 17.1 Å². The molecule has 0 unspecified atom stereocenters. The lowest BCUT2D eigenvalue weighted by Crippen LogP contribution is -2.35. The molecule has 0 atom stereocenters. The number of thiophene rings is 1. The van der Waals surface area contributed by atoms with E-state index in [0.717, 1.165) is 41.6 Å². The first-order valence-electron chi connectivity index (χ1n) is 10.3. The van der Waals surface area contributed by atoms with Crippen molar-refractivity contribution in [2.45, 2.75) is 38.0 Å². The van der Waals surface area contributed by atoms with Crippen molar-refractivity contribution >= 4 is 43.0 Å². The predicted octanol–water partition coefficient (Wildman–Crippen LogP) is 5.05. The monoisotopic (exact) mass is 442 g/mol. The van der Waals surface area contributed by atoms with Crippen molar-refractivity contribution < 1.29 is 13.2 Å². The molecular formula is C23H26N2O3S2. The highest BCUT2D eigenvalue weighted by Gasteiger charge is 2.25. The molecule has 1 saturated heterocycles. The Labute approximate surface area is 182 Å². The van der Waals surface area contributed by atoms with Crippen LogP contribution in [-0.2, 0) is 10.0 Å². The van der Waals surface area contributed by atoms with Gasteiger partial charge in [-0.1, -0.05) is 17.7 Å². The zero-order valence-electron chi connectivity index (χ0n) is 17.3. The third-order valence-corrected chi connectivity index (χ3v) is 8.56. The lowest BCUT2D eigenvalue weighted by molar-refractivity contribution is 0.0729. The normalized spacial score (nSPS) is 14.8. The summed E-state index contributed by atoms with van der Waals surface area (Å²) in [4.78, 5) is 15.8. The Morgan fingerprint density at radius 1 is 1.03 bits per heavy atom. The number of hydrogen-bond acceptors (Lipinski definition) is 4. The van der Waals surface area contributed by atoms with E-state index in [1.807, 2.05) is 43.0 Å². The number of hydrogen-bond donors (Lipinski definition) is 0. The molecule has 1 aromatic heterocycles. The van der Waals surface area contributed by atoms with Gasteiger partial charge in [0.2, 0.25) is 0 Å². The molecule has 0 aliphatic carbocycles.